The average molecular weight is 443 g/mol. The molecule has 3 rings (SSSR count). The predicted octanol–water partition coefficient (Wildman–Crippen LogP) is 5.32. The highest BCUT2D eigenvalue weighted by molar-refractivity contribution is 7.93. The van der Waals surface area contributed by atoms with Crippen molar-refractivity contribution in [1.82, 2.24) is 5.32 Å². The summed E-state index contributed by atoms with van der Waals surface area (Å²) in [6, 6.07) is 12.9. The highest BCUT2D eigenvalue weighted by atomic mass is 32.2. The van der Waals surface area contributed by atoms with Crippen LogP contribution in [0.15, 0.2) is 47.4 Å². The number of hydrogen-bond acceptors (Lipinski definition) is 3. The molecule has 0 aliphatic carbocycles. The highest BCUT2D eigenvalue weighted by Crippen LogP contribution is 2.43. The number of anilines is 1. The number of nitrogens with one attached hydrogen (secondary N) is 1. The number of benzene rings is 2. The maximum absolute atomic E-state index is 13.4. The smallest absolute Gasteiger partial charge is 0.265 e. The minimum Gasteiger partial charge on any atom is -0.354 e. The Hall–Kier alpha value is -2.34. The molecule has 1 aliphatic heterocycles. The maximum atomic E-state index is 13.4. The van der Waals surface area contributed by atoms with Crippen LogP contribution in [0.5, 0.6) is 0 Å². The van der Waals surface area contributed by atoms with Crippen molar-refractivity contribution in [2.24, 2.45) is 5.92 Å². The molecule has 1 atom stereocenters. The third-order valence-corrected chi connectivity index (χ3v) is 7.94. The van der Waals surface area contributed by atoms with Crippen LogP contribution in [0.25, 0.3) is 11.1 Å². The van der Waals surface area contributed by atoms with Crippen molar-refractivity contribution >= 4 is 21.6 Å². The van der Waals surface area contributed by atoms with Gasteiger partial charge in [-0.25, -0.2) is 8.42 Å². The molecule has 1 aliphatic rings. The zero-order valence-corrected chi connectivity index (χ0v) is 19.8. The Morgan fingerprint density at radius 1 is 1.06 bits per heavy atom. The third kappa shape index (κ3) is 4.95. The molecule has 0 saturated carbocycles. The van der Waals surface area contributed by atoms with Crippen LogP contribution in [0.3, 0.4) is 0 Å². The van der Waals surface area contributed by atoms with Gasteiger partial charge >= 0.3 is 0 Å². The fourth-order valence-electron chi connectivity index (χ4n) is 4.07. The first kappa shape index (κ1) is 23.3. The number of nitrogens with zero attached hydrogens (tertiary/aromatic N) is 1. The van der Waals surface area contributed by atoms with E-state index in [1.165, 1.54) is 4.31 Å². The quantitative estimate of drug-likeness (QED) is 0.572. The molecule has 0 aromatic heterocycles. The lowest BCUT2D eigenvalue weighted by Crippen LogP contribution is -2.43. The van der Waals surface area contributed by atoms with Gasteiger partial charge in [-0.2, -0.15) is 0 Å². The van der Waals surface area contributed by atoms with Gasteiger partial charge < -0.3 is 5.32 Å². The molecule has 0 saturated heterocycles. The second kappa shape index (κ2) is 9.86. The minimum absolute atomic E-state index is 0.213. The molecular weight excluding hydrogens is 408 g/mol. The Balaban J connectivity index is 1.90. The van der Waals surface area contributed by atoms with Crippen LogP contribution in [0.4, 0.5) is 5.69 Å². The first-order valence-corrected chi connectivity index (χ1v) is 12.8. The summed E-state index contributed by atoms with van der Waals surface area (Å²) in [7, 11) is -3.81. The third-order valence-electron chi connectivity index (χ3n) is 6.12. The fourth-order valence-corrected chi connectivity index (χ4v) is 5.72. The van der Waals surface area contributed by atoms with Crippen molar-refractivity contribution in [1.29, 1.82) is 0 Å². The number of unbranched alkanes of at least 4 members (excludes halogenated alkanes) is 1. The molecule has 168 valence electrons. The number of fused-ring (bicyclic) bond motifs is 3. The second-order valence-corrected chi connectivity index (χ2v) is 10.5. The van der Waals surface area contributed by atoms with Crippen LogP contribution in [0.2, 0.25) is 0 Å². The summed E-state index contributed by atoms with van der Waals surface area (Å²) in [5, 5.41) is 2.97. The highest BCUT2D eigenvalue weighted by Gasteiger charge is 2.36. The van der Waals surface area contributed by atoms with Crippen LogP contribution in [-0.4, -0.2) is 27.4 Å². The Labute approximate surface area is 186 Å². The summed E-state index contributed by atoms with van der Waals surface area (Å²) in [6.45, 7) is 8.88. The topological polar surface area (TPSA) is 66.5 Å². The van der Waals surface area contributed by atoms with E-state index in [1.54, 1.807) is 12.1 Å². The summed E-state index contributed by atoms with van der Waals surface area (Å²) in [5.41, 5.74) is 3.26. The molecule has 1 heterocycles. The Kier molecular flexibility index (Phi) is 7.42. The van der Waals surface area contributed by atoms with Crippen LogP contribution in [0, 0.1) is 5.92 Å². The van der Waals surface area contributed by atoms with Crippen LogP contribution < -0.4 is 9.62 Å². The van der Waals surface area contributed by atoms with Gasteiger partial charge in [-0.1, -0.05) is 71.2 Å². The van der Waals surface area contributed by atoms with Gasteiger partial charge in [0.05, 0.1) is 10.6 Å². The molecule has 0 radical (unpaired) electrons. The number of rotatable bonds is 9. The molecule has 1 amide bonds. The number of hydrogen-bond donors (Lipinski definition) is 1. The van der Waals surface area contributed by atoms with Crippen molar-refractivity contribution in [2.75, 3.05) is 17.4 Å². The van der Waals surface area contributed by atoms with Crippen molar-refractivity contribution < 1.29 is 13.2 Å². The lowest BCUT2D eigenvalue weighted by atomic mass is 9.95. The second-order valence-electron chi connectivity index (χ2n) is 8.66. The predicted molar refractivity (Wildman–Crippen MR) is 127 cm³/mol. The largest absolute Gasteiger partial charge is 0.354 e. The minimum atomic E-state index is -3.81. The van der Waals surface area contributed by atoms with E-state index in [-0.39, 0.29) is 17.3 Å². The Morgan fingerprint density at radius 3 is 2.48 bits per heavy atom. The molecule has 0 unspecified atom stereocenters. The number of amides is 1. The van der Waals surface area contributed by atoms with E-state index in [2.05, 4.69) is 39.1 Å². The van der Waals surface area contributed by atoms with E-state index in [0.717, 1.165) is 36.8 Å². The molecule has 5 nitrogen and oxygen atoms in total. The molecule has 0 spiro atoms. The van der Waals surface area contributed by atoms with Gasteiger partial charge in [0.2, 0.25) is 5.91 Å². The van der Waals surface area contributed by atoms with Crippen molar-refractivity contribution in [3.05, 3.63) is 48.0 Å². The molecule has 6 heteroatoms. The van der Waals surface area contributed by atoms with E-state index >= 15 is 0 Å². The van der Waals surface area contributed by atoms with Gasteiger partial charge in [0.1, 0.15) is 6.54 Å². The van der Waals surface area contributed by atoms with Gasteiger partial charge in [0.15, 0.2) is 0 Å². The molecule has 31 heavy (non-hydrogen) atoms. The van der Waals surface area contributed by atoms with E-state index < -0.39 is 10.0 Å². The van der Waals surface area contributed by atoms with E-state index in [0.29, 0.717) is 29.6 Å². The summed E-state index contributed by atoms with van der Waals surface area (Å²) < 4.78 is 28.1. The lowest BCUT2D eigenvalue weighted by molar-refractivity contribution is -0.119. The van der Waals surface area contributed by atoms with E-state index in [4.69, 9.17) is 0 Å². The monoisotopic (exact) mass is 442 g/mol. The normalized spacial score (nSPS) is 15.3. The molecular formula is C25H34N2O3S. The van der Waals surface area contributed by atoms with E-state index in [9.17, 15) is 13.2 Å². The zero-order valence-electron chi connectivity index (χ0n) is 19.0. The molecule has 0 fully saturated rings. The molecule has 0 bridgehead atoms. The van der Waals surface area contributed by atoms with Gasteiger partial charge in [0.25, 0.3) is 10.0 Å². The Morgan fingerprint density at radius 2 is 1.81 bits per heavy atom. The van der Waals surface area contributed by atoms with Crippen molar-refractivity contribution in [3.63, 3.8) is 0 Å². The molecule has 2 aromatic carbocycles. The summed E-state index contributed by atoms with van der Waals surface area (Å²) in [4.78, 5) is 13.0. The lowest BCUT2D eigenvalue weighted by Gasteiger charge is -2.32. The zero-order chi connectivity index (χ0) is 22.6. The maximum Gasteiger partial charge on any atom is 0.265 e. The average Bonchev–Trinajstić information content (AvgIpc) is 2.76. The van der Waals surface area contributed by atoms with Crippen molar-refractivity contribution in [3.8, 4) is 11.1 Å². The van der Waals surface area contributed by atoms with Crippen LogP contribution in [0.1, 0.15) is 64.9 Å². The summed E-state index contributed by atoms with van der Waals surface area (Å²) in [5.74, 6) is 0.474. The van der Waals surface area contributed by atoms with Gasteiger partial charge in [0, 0.05) is 17.7 Å². The van der Waals surface area contributed by atoms with E-state index in [1.807, 2.05) is 24.3 Å². The number of carbonyl (C=O) groups excluding carboxylic acids is 1. The first-order valence-electron chi connectivity index (χ1n) is 11.3. The standard InChI is InChI=1S/C25H34N2O3S/c1-5-7-10-19(6-2)16-26-25(28)17-27-23-14-13-20(18(3)4)15-22(23)21-11-8-9-12-24(21)31(27,29)30/h8-9,11-15,18-19H,5-7,10,16-17H2,1-4H3,(H,26,28)/t19-/m1/s1. The molecule has 1 N–H and O–H groups in total. The van der Waals surface area contributed by atoms with Crippen LogP contribution in [-0.2, 0) is 14.8 Å². The van der Waals surface area contributed by atoms with Gasteiger partial charge in [-0.05, 0) is 42.0 Å². The fraction of sp³-hybridized carbons (Fsp3) is 0.480. The van der Waals surface area contributed by atoms with Gasteiger partial charge in [-0.15, -0.1) is 0 Å². The SMILES string of the molecule is CCCC[C@@H](CC)CNC(=O)CN1c2ccc(C(C)C)cc2-c2ccccc2S1(=O)=O. The summed E-state index contributed by atoms with van der Waals surface area (Å²) in [6.07, 6.45) is 4.34. The van der Waals surface area contributed by atoms with Crippen LogP contribution >= 0.6 is 0 Å². The van der Waals surface area contributed by atoms with Gasteiger partial charge in [-0.3, -0.25) is 9.10 Å². The van der Waals surface area contributed by atoms with Crippen molar-refractivity contribution in [2.45, 2.75) is 64.2 Å². The Bertz CT molecular complexity index is 1030. The summed E-state index contributed by atoms with van der Waals surface area (Å²) >= 11 is 0. The molecule has 2 aromatic rings. The number of sulfonamides is 1. The number of carbonyl (C=O) groups is 1. The first-order chi connectivity index (χ1) is 14.8.